The van der Waals surface area contributed by atoms with Crippen LogP contribution in [0.2, 0.25) is 0 Å². The molecule has 7 nitrogen and oxygen atoms in total. The molecule has 0 radical (unpaired) electrons. The molecular formula is C12H14N4O3S. The second-order valence-electron chi connectivity index (χ2n) is 5.05. The Hall–Kier alpha value is -1.83. The van der Waals surface area contributed by atoms with E-state index in [0.717, 1.165) is 30.6 Å². The lowest BCUT2D eigenvalue weighted by atomic mass is 9.81. The number of carbonyl (C=O) groups excluding carboxylic acids is 3. The fourth-order valence-corrected chi connectivity index (χ4v) is 3.38. The molecule has 1 aliphatic carbocycles. The number of hydrogen-bond donors (Lipinski definition) is 1. The molecule has 0 unspecified atom stereocenters. The van der Waals surface area contributed by atoms with Crippen molar-refractivity contribution < 1.29 is 14.4 Å². The van der Waals surface area contributed by atoms with Crippen molar-refractivity contribution in [1.29, 1.82) is 0 Å². The standard InChI is InChI=1S/C12H14N4O3S/c17-9(14-12-15-13-6-20-12)5-16-10(18)7-3-1-2-4-8(7)11(16)19/h6-8H,1-5H2,(H,14,15,17)/t7-,8+. The maximum absolute atomic E-state index is 12.2. The van der Waals surface area contributed by atoms with Crippen molar-refractivity contribution in [2.45, 2.75) is 25.7 Å². The van der Waals surface area contributed by atoms with Crippen LogP contribution in [0.3, 0.4) is 0 Å². The van der Waals surface area contributed by atoms with Crippen molar-refractivity contribution in [2.24, 2.45) is 11.8 Å². The van der Waals surface area contributed by atoms with Gasteiger partial charge in [0.2, 0.25) is 22.9 Å². The largest absolute Gasteiger partial charge is 0.299 e. The van der Waals surface area contributed by atoms with Crippen LogP contribution in [0.5, 0.6) is 0 Å². The Labute approximate surface area is 119 Å². The number of hydrogen-bond acceptors (Lipinski definition) is 6. The van der Waals surface area contributed by atoms with E-state index in [1.54, 1.807) is 0 Å². The van der Waals surface area contributed by atoms with E-state index in [0.29, 0.717) is 5.13 Å². The van der Waals surface area contributed by atoms with E-state index in [2.05, 4.69) is 15.5 Å². The Morgan fingerprint density at radius 3 is 2.50 bits per heavy atom. The van der Waals surface area contributed by atoms with Crippen molar-refractivity contribution >= 4 is 34.2 Å². The topological polar surface area (TPSA) is 92.3 Å². The third-order valence-corrected chi connectivity index (χ3v) is 4.45. The summed E-state index contributed by atoms with van der Waals surface area (Å²) in [5.74, 6) is -1.25. The van der Waals surface area contributed by atoms with Gasteiger partial charge in [-0.25, -0.2) is 0 Å². The van der Waals surface area contributed by atoms with E-state index in [9.17, 15) is 14.4 Å². The summed E-state index contributed by atoms with van der Waals surface area (Å²) in [5, 5.41) is 10.2. The van der Waals surface area contributed by atoms with Gasteiger partial charge in [0.05, 0.1) is 11.8 Å². The molecule has 106 valence electrons. The summed E-state index contributed by atoms with van der Waals surface area (Å²) in [6.45, 7) is -0.232. The molecule has 1 saturated carbocycles. The van der Waals surface area contributed by atoms with Gasteiger partial charge in [-0.3, -0.25) is 24.6 Å². The van der Waals surface area contributed by atoms with Gasteiger partial charge in [0.25, 0.3) is 0 Å². The number of imide groups is 1. The Kier molecular flexibility index (Phi) is 3.47. The highest BCUT2D eigenvalue weighted by atomic mass is 32.1. The molecule has 20 heavy (non-hydrogen) atoms. The van der Waals surface area contributed by atoms with Crippen LogP contribution >= 0.6 is 11.3 Å². The molecular weight excluding hydrogens is 280 g/mol. The van der Waals surface area contributed by atoms with Crippen LogP contribution in [0.25, 0.3) is 0 Å². The molecule has 1 aromatic heterocycles. The first-order valence-corrected chi connectivity index (χ1v) is 7.46. The van der Waals surface area contributed by atoms with Crippen molar-refractivity contribution in [2.75, 3.05) is 11.9 Å². The van der Waals surface area contributed by atoms with Gasteiger partial charge < -0.3 is 0 Å². The van der Waals surface area contributed by atoms with E-state index in [1.165, 1.54) is 16.8 Å². The molecule has 3 amide bonds. The number of nitrogens with zero attached hydrogens (tertiary/aromatic N) is 3. The summed E-state index contributed by atoms with van der Waals surface area (Å²) in [6, 6.07) is 0. The van der Waals surface area contributed by atoms with Crippen molar-refractivity contribution in [3.8, 4) is 0 Å². The third kappa shape index (κ3) is 2.31. The zero-order chi connectivity index (χ0) is 14.1. The maximum atomic E-state index is 12.2. The predicted octanol–water partition coefficient (Wildman–Crippen LogP) is 0.652. The number of amides is 3. The van der Waals surface area contributed by atoms with Crippen molar-refractivity contribution in [1.82, 2.24) is 15.1 Å². The smallest absolute Gasteiger partial charge is 0.246 e. The Morgan fingerprint density at radius 2 is 1.95 bits per heavy atom. The molecule has 1 saturated heterocycles. The molecule has 0 bridgehead atoms. The fraction of sp³-hybridized carbons (Fsp3) is 0.583. The molecule has 0 spiro atoms. The summed E-state index contributed by atoms with van der Waals surface area (Å²) in [4.78, 5) is 37.3. The van der Waals surface area contributed by atoms with Gasteiger partial charge in [-0.15, -0.1) is 10.2 Å². The van der Waals surface area contributed by atoms with Crippen LogP contribution in [0, 0.1) is 11.8 Å². The lowest BCUT2D eigenvalue weighted by molar-refractivity contribution is -0.142. The molecule has 2 aliphatic rings. The van der Waals surface area contributed by atoms with Gasteiger partial charge in [-0.2, -0.15) is 0 Å². The summed E-state index contributed by atoms with van der Waals surface area (Å²) < 4.78 is 0. The van der Waals surface area contributed by atoms with Gasteiger partial charge in [-0.1, -0.05) is 24.2 Å². The molecule has 2 atom stereocenters. The summed E-state index contributed by atoms with van der Waals surface area (Å²) in [5.41, 5.74) is 1.50. The van der Waals surface area contributed by atoms with Gasteiger partial charge >= 0.3 is 0 Å². The first kappa shape index (κ1) is 13.2. The lowest BCUT2D eigenvalue weighted by Gasteiger charge is -2.19. The number of anilines is 1. The first-order chi connectivity index (χ1) is 9.66. The SMILES string of the molecule is O=C(CN1C(=O)[C@H]2CCCC[C@H]2C1=O)Nc1nncs1. The highest BCUT2D eigenvalue weighted by Crippen LogP contribution is 2.37. The number of fused-ring (bicyclic) bond motifs is 1. The average Bonchev–Trinajstić information content (AvgIpc) is 3.03. The van der Waals surface area contributed by atoms with E-state index < -0.39 is 5.91 Å². The molecule has 8 heteroatoms. The molecule has 1 N–H and O–H groups in total. The summed E-state index contributed by atoms with van der Waals surface area (Å²) >= 11 is 1.19. The highest BCUT2D eigenvalue weighted by molar-refractivity contribution is 7.13. The van der Waals surface area contributed by atoms with Crippen LogP contribution < -0.4 is 5.32 Å². The first-order valence-electron chi connectivity index (χ1n) is 6.58. The quantitative estimate of drug-likeness (QED) is 0.826. The molecule has 2 fully saturated rings. The van der Waals surface area contributed by atoms with Crippen molar-refractivity contribution in [3.05, 3.63) is 5.51 Å². The Balaban J connectivity index is 1.66. The van der Waals surface area contributed by atoms with E-state index >= 15 is 0 Å². The normalized spacial score (nSPS) is 25.7. The monoisotopic (exact) mass is 294 g/mol. The van der Waals surface area contributed by atoms with Crippen LogP contribution in [0.1, 0.15) is 25.7 Å². The van der Waals surface area contributed by atoms with Crippen LogP contribution in [-0.2, 0) is 14.4 Å². The minimum Gasteiger partial charge on any atom is -0.299 e. The Bertz CT molecular complexity index is 521. The second kappa shape index (κ2) is 5.28. The molecule has 0 aromatic carbocycles. The van der Waals surface area contributed by atoms with Gasteiger partial charge in [-0.05, 0) is 12.8 Å². The second-order valence-corrected chi connectivity index (χ2v) is 5.89. The van der Waals surface area contributed by atoms with E-state index in [-0.39, 0.29) is 30.2 Å². The minimum atomic E-state index is -0.415. The minimum absolute atomic E-state index is 0.202. The predicted molar refractivity (Wildman–Crippen MR) is 70.7 cm³/mol. The van der Waals surface area contributed by atoms with Crippen molar-refractivity contribution in [3.63, 3.8) is 0 Å². The number of aromatic nitrogens is 2. The molecule has 3 rings (SSSR count). The maximum Gasteiger partial charge on any atom is 0.246 e. The van der Waals surface area contributed by atoms with E-state index in [1.807, 2.05) is 0 Å². The molecule has 2 heterocycles. The zero-order valence-corrected chi connectivity index (χ0v) is 11.6. The molecule has 1 aromatic rings. The summed E-state index contributed by atoms with van der Waals surface area (Å²) in [6.07, 6.45) is 3.46. The van der Waals surface area contributed by atoms with Crippen LogP contribution in [0.4, 0.5) is 5.13 Å². The van der Waals surface area contributed by atoms with E-state index in [4.69, 9.17) is 0 Å². The number of nitrogens with one attached hydrogen (secondary N) is 1. The summed E-state index contributed by atoms with van der Waals surface area (Å²) in [7, 11) is 0. The Morgan fingerprint density at radius 1 is 1.30 bits per heavy atom. The van der Waals surface area contributed by atoms with Gasteiger partial charge in [0.1, 0.15) is 12.1 Å². The fourth-order valence-electron chi connectivity index (χ4n) is 2.92. The lowest BCUT2D eigenvalue weighted by Crippen LogP contribution is -2.38. The van der Waals surface area contributed by atoms with Crippen LogP contribution in [0.15, 0.2) is 5.51 Å². The number of carbonyl (C=O) groups is 3. The van der Waals surface area contributed by atoms with Gasteiger partial charge in [0, 0.05) is 0 Å². The number of likely N-dealkylation sites (tertiary alicyclic amines) is 1. The third-order valence-electron chi connectivity index (χ3n) is 3.84. The highest BCUT2D eigenvalue weighted by Gasteiger charge is 2.48. The van der Waals surface area contributed by atoms with Gasteiger partial charge in [0.15, 0.2) is 0 Å². The molecule has 1 aliphatic heterocycles. The number of rotatable bonds is 3. The zero-order valence-electron chi connectivity index (χ0n) is 10.7. The van der Waals surface area contributed by atoms with Crippen LogP contribution in [-0.4, -0.2) is 39.4 Å². The average molecular weight is 294 g/mol.